The molecule has 1 aromatic heterocycles. The van der Waals surface area contributed by atoms with E-state index in [4.69, 9.17) is 11.6 Å². The molecule has 1 aliphatic heterocycles. The number of hydrogen-bond acceptors (Lipinski definition) is 4. The fourth-order valence-corrected chi connectivity index (χ4v) is 3.31. The lowest BCUT2D eigenvalue weighted by Gasteiger charge is -2.02. The molecule has 1 aliphatic rings. The summed E-state index contributed by atoms with van der Waals surface area (Å²) in [5, 5.41) is 6.69. The molecule has 2 aromatic rings. The van der Waals surface area contributed by atoms with Crippen molar-refractivity contribution in [3.8, 4) is 0 Å². The SMILES string of the molecule is O=C(Cc1ccc(Cl)cc1)Nc1nc2c(s1)C(=O)NCCC2. The van der Waals surface area contributed by atoms with Crippen molar-refractivity contribution >= 4 is 39.9 Å². The zero-order valence-electron chi connectivity index (χ0n) is 11.7. The van der Waals surface area contributed by atoms with Gasteiger partial charge in [-0.05, 0) is 30.5 Å². The first-order chi connectivity index (χ1) is 10.6. The van der Waals surface area contributed by atoms with Crippen LogP contribution in [0.5, 0.6) is 0 Å². The second-order valence-electron chi connectivity index (χ2n) is 5.01. The third kappa shape index (κ3) is 3.45. The van der Waals surface area contributed by atoms with Crippen LogP contribution in [0.3, 0.4) is 0 Å². The standard InChI is InChI=1S/C15H14ClN3O2S/c16-10-5-3-9(4-6-10)8-12(20)19-15-18-11-2-1-7-17-14(21)13(11)22-15/h3-6H,1-2,7-8H2,(H,17,21)(H,18,19,20). The third-order valence-electron chi connectivity index (χ3n) is 3.30. The summed E-state index contributed by atoms with van der Waals surface area (Å²) in [6.07, 6.45) is 1.85. The highest BCUT2D eigenvalue weighted by Gasteiger charge is 2.21. The molecule has 5 nitrogen and oxygen atoms in total. The monoisotopic (exact) mass is 335 g/mol. The van der Waals surface area contributed by atoms with Crippen molar-refractivity contribution in [1.82, 2.24) is 10.3 Å². The minimum atomic E-state index is -0.161. The summed E-state index contributed by atoms with van der Waals surface area (Å²) >= 11 is 7.04. The van der Waals surface area contributed by atoms with Crippen molar-refractivity contribution in [2.75, 3.05) is 11.9 Å². The van der Waals surface area contributed by atoms with Crippen LogP contribution in [0, 0.1) is 0 Å². The number of hydrogen-bond donors (Lipinski definition) is 2. The Bertz CT molecular complexity index is 712. The number of halogens is 1. The molecule has 2 heterocycles. The Morgan fingerprint density at radius 1 is 1.36 bits per heavy atom. The van der Waals surface area contributed by atoms with E-state index in [2.05, 4.69) is 15.6 Å². The Morgan fingerprint density at radius 3 is 2.91 bits per heavy atom. The molecule has 0 saturated heterocycles. The summed E-state index contributed by atoms with van der Waals surface area (Å²) in [6, 6.07) is 7.12. The molecule has 0 spiro atoms. The molecule has 0 fully saturated rings. The van der Waals surface area contributed by atoms with Crippen LogP contribution in [0.15, 0.2) is 24.3 Å². The van der Waals surface area contributed by atoms with Gasteiger partial charge in [-0.25, -0.2) is 4.98 Å². The largest absolute Gasteiger partial charge is 0.351 e. The van der Waals surface area contributed by atoms with Crippen molar-refractivity contribution in [3.63, 3.8) is 0 Å². The van der Waals surface area contributed by atoms with Crippen LogP contribution in [0.25, 0.3) is 0 Å². The van der Waals surface area contributed by atoms with E-state index in [-0.39, 0.29) is 18.2 Å². The van der Waals surface area contributed by atoms with Crippen molar-refractivity contribution in [2.45, 2.75) is 19.3 Å². The summed E-state index contributed by atoms with van der Waals surface area (Å²) in [7, 11) is 0. The van der Waals surface area contributed by atoms with Gasteiger partial charge >= 0.3 is 0 Å². The van der Waals surface area contributed by atoms with Crippen LogP contribution in [-0.2, 0) is 17.6 Å². The number of nitrogens with one attached hydrogen (secondary N) is 2. The molecule has 0 aliphatic carbocycles. The maximum absolute atomic E-state index is 12.1. The van der Waals surface area contributed by atoms with Crippen LogP contribution in [0.2, 0.25) is 5.02 Å². The summed E-state index contributed by atoms with van der Waals surface area (Å²) < 4.78 is 0. The molecule has 0 radical (unpaired) electrons. The number of fused-ring (bicyclic) bond motifs is 1. The fraction of sp³-hybridized carbons (Fsp3) is 0.267. The Kier molecular flexibility index (Phi) is 4.40. The average Bonchev–Trinajstić information content (AvgIpc) is 2.81. The number of anilines is 1. The molecule has 2 amide bonds. The van der Waals surface area contributed by atoms with E-state index in [9.17, 15) is 9.59 Å². The molecule has 2 N–H and O–H groups in total. The zero-order chi connectivity index (χ0) is 15.5. The molecule has 0 bridgehead atoms. The topological polar surface area (TPSA) is 71.1 Å². The van der Waals surface area contributed by atoms with Gasteiger partial charge in [0, 0.05) is 11.6 Å². The lowest BCUT2D eigenvalue weighted by molar-refractivity contribution is -0.115. The smallest absolute Gasteiger partial charge is 0.263 e. The number of aryl methyl sites for hydroxylation is 1. The fourth-order valence-electron chi connectivity index (χ4n) is 2.24. The van der Waals surface area contributed by atoms with E-state index in [0.29, 0.717) is 21.6 Å². The predicted molar refractivity (Wildman–Crippen MR) is 86.6 cm³/mol. The van der Waals surface area contributed by atoms with E-state index < -0.39 is 0 Å². The van der Waals surface area contributed by atoms with Gasteiger partial charge in [-0.2, -0.15) is 0 Å². The molecule has 3 rings (SSSR count). The van der Waals surface area contributed by atoms with Gasteiger partial charge in [-0.3, -0.25) is 9.59 Å². The summed E-state index contributed by atoms with van der Waals surface area (Å²) in [5.74, 6) is -0.269. The molecular weight excluding hydrogens is 322 g/mol. The summed E-state index contributed by atoms with van der Waals surface area (Å²) in [4.78, 5) is 28.9. The molecule has 114 valence electrons. The van der Waals surface area contributed by atoms with Gasteiger partial charge in [0.1, 0.15) is 4.88 Å². The number of aromatic nitrogens is 1. The number of amides is 2. The van der Waals surface area contributed by atoms with Crippen LogP contribution in [-0.4, -0.2) is 23.3 Å². The quantitative estimate of drug-likeness (QED) is 0.905. The second kappa shape index (κ2) is 6.46. The number of nitrogens with zero attached hydrogens (tertiary/aromatic N) is 1. The minimum absolute atomic E-state index is 0.108. The molecule has 0 unspecified atom stereocenters. The summed E-state index contributed by atoms with van der Waals surface area (Å²) in [5.41, 5.74) is 1.64. The third-order valence-corrected chi connectivity index (χ3v) is 4.57. The second-order valence-corrected chi connectivity index (χ2v) is 6.44. The first-order valence-electron chi connectivity index (χ1n) is 6.94. The van der Waals surface area contributed by atoms with Crippen molar-refractivity contribution in [2.24, 2.45) is 0 Å². The lowest BCUT2D eigenvalue weighted by Crippen LogP contribution is -2.21. The highest BCUT2D eigenvalue weighted by atomic mass is 35.5. The minimum Gasteiger partial charge on any atom is -0.351 e. The highest BCUT2D eigenvalue weighted by Crippen LogP contribution is 2.25. The van der Waals surface area contributed by atoms with E-state index >= 15 is 0 Å². The van der Waals surface area contributed by atoms with E-state index in [1.165, 1.54) is 11.3 Å². The van der Waals surface area contributed by atoms with Crippen LogP contribution in [0.4, 0.5) is 5.13 Å². The van der Waals surface area contributed by atoms with Crippen LogP contribution >= 0.6 is 22.9 Å². The van der Waals surface area contributed by atoms with Crippen LogP contribution in [0.1, 0.15) is 27.3 Å². The first kappa shape index (κ1) is 15.0. The van der Waals surface area contributed by atoms with Crippen molar-refractivity contribution in [3.05, 3.63) is 45.4 Å². The van der Waals surface area contributed by atoms with Crippen molar-refractivity contribution < 1.29 is 9.59 Å². The molecule has 7 heteroatoms. The molecule has 0 atom stereocenters. The van der Waals surface area contributed by atoms with Gasteiger partial charge in [0.25, 0.3) is 5.91 Å². The Morgan fingerprint density at radius 2 is 2.14 bits per heavy atom. The predicted octanol–water partition coefficient (Wildman–Crippen LogP) is 2.65. The van der Waals surface area contributed by atoms with Crippen molar-refractivity contribution in [1.29, 1.82) is 0 Å². The number of benzene rings is 1. The highest BCUT2D eigenvalue weighted by molar-refractivity contribution is 7.17. The van der Waals surface area contributed by atoms with Crippen LogP contribution < -0.4 is 10.6 Å². The maximum atomic E-state index is 12.1. The van der Waals surface area contributed by atoms with E-state index in [1.54, 1.807) is 12.1 Å². The Hall–Kier alpha value is -1.92. The number of carbonyl (C=O) groups excluding carboxylic acids is 2. The number of thiazole rings is 1. The van der Waals surface area contributed by atoms with Gasteiger partial charge in [0.15, 0.2) is 5.13 Å². The maximum Gasteiger partial charge on any atom is 0.263 e. The van der Waals surface area contributed by atoms with E-state index in [1.807, 2.05) is 12.1 Å². The molecular formula is C15H14ClN3O2S. The lowest BCUT2D eigenvalue weighted by atomic mass is 10.1. The van der Waals surface area contributed by atoms with Gasteiger partial charge in [-0.1, -0.05) is 35.1 Å². The van der Waals surface area contributed by atoms with E-state index in [0.717, 1.165) is 24.1 Å². The van der Waals surface area contributed by atoms with Gasteiger partial charge in [0.2, 0.25) is 5.91 Å². The summed E-state index contributed by atoms with van der Waals surface area (Å²) in [6.45, 7) is 0.667. The van der Waals surface area contributed by atoms with Gasteiger partial charge < -0.3 is 10.6 Å². The van der Waals surface area contributed by atoms with Gasteiger partial charge in [0.05, 0.1) is 12.1 Å². The molecule has 0 saturated carbocycles. The number of rotatable bonds is 3. The Balaban J connectivity index is 1.68. The number of carbonyl (C=O) groups is 2. The normalized spacial score (nSPS) is 14.0. The van der Waals surface area contributed by atoms with Gasteiger partial charge in [-0.15, -0.1) is 0 Å². The molecule has 22 heavy (non-hydrogen) atoms. The Labute approximate surface area is 136 Å². The first-order valence-corrected chi connectivity index (χ1v) is 8.13. The zero-order valence-corrected chi connectivity index (χ0v) is 13.3. The average molecular weight is 336 g/mol. The molecule has 1 aromatic carbocycles.